The normalized spacial score (nSPS) is 12.5. The van der Waals surface area contributed by atoms with E-state index in [-0.39, 0.29) is 17.5 Å². The van der Waals surface area contributed by atoms with Crippen molar-refractivity contribution in [2.45, 2.75) is 26.3 Å². The largest absolute Gasteiger partial charge is 0.348 e. The molecule has 0 spiro atoms. The Labute approximate surface area is 107 Å². The van der Waals surface area contributed by atoms with Crippen LogP contribution in [0.15, 0.2) is 23.1 Å². The van der Waals surface area contributed by atoms with Gasteiger partial charge >= 0.3 is 0 Å². The lowest BCUT2D eigenvalue weighted by molar-refractivity contribution is 0.0933. The van der Waals surface area contributed by atoms with Gasteiger partial charge in [-0.2, -0.15) is 0 Å². The number of aromatic nitrogens is 1. The number of hydrogen-bond donors (Lipinski definition) is 2. The van der Waals surface area contributed by atoms with Gasteiger partial charge < -0.3 is 15.6 Å². The smallest absolute Gasteiger partial charge is 0.251 e. The van der Waals surface area contributed by atoms with E-state index in [2.05, 4.69) is 19.2 Å². The highest BCUT2D eigenvalue weighted by molar-refractivity contribution is 5.94. The van der Waals surface area contributed by atoms with E-state index in [4.69, 9.17) is 5.73 Å². The SMILES string of the molecule is CC(C)CC(CN)NC(=O)c1ccn(C)c(=O)c1. The summed E-state index contributed by atoms with van der Waals surface area (Å²) in [7, 11) is 1.64. The summed E-state index contributed by atoms with van der Waals surface area (Å²) in [5.41, 5.74) is 5.80. The van der Waals surface area contributed by atoms with E-state index in [1.54, 1.807) is 19.3 Å². The van der Waals surface area contributed by atoms with Crippen molar-refractivity contribution in [2.24, 2.45) is 18.7 Å². The summed E-state index contributed by atoms with van der Waals surface area (Å²) in [6.45, 7) is 4.55. The van der Waals surface area contributed by atoms with E-state index in [0.29, 0.717) is 18.0 Å². The van der Waals surface area contributed by atoms with Crippen LogP contribution < -0.4 is 16.6 Å². The van der Waals surface area contributed by atoms with Crippen LogP contribution in [0.3, 0.4) is 0 Å². The molecule has 100 valence electrons. The quantitative estimate of drug-likeness (QED) is 0.799. The minimum Gasteiger partial charge on any atom is -0.348 e. The minimum absolute atomic E-state index is 0.0541. The number of nitrogens with two attached hydrogens (primary N) is 1. The molecule has 0 radical (unpaired) electrons. The van der Waals surface area contributed by atoms with Gasteiger partial charge in [0.15, 0.2) is 0 Å². The van der Waals surface area contributed by atoms with Crippen LogP contribution in [0.4, 0.5) is 0 Å². The van der Waals surface area contributed by atoms with Crippen LogP contribution in [-0.4, -0.2) is 23.1 Å². The van der Waals surface area contributed by atoms with Gasteiger partial charge in [0.05, 0.1) is 0 Å². The van der Waals surface area contributed by atoms with Gasteiger partial charge in [-0.1, -0.05) is 13.8 Å². The van der Waals surface area contributed by atoms with Crippen LogP contribution >= 0.6 is 0 Å². The molecule has 0 aliphatic carbocycles. The van der Waals surface area contributed by atoms with Gasteiger partial charge in [0, 0.05) is 37.5 Å². The van der Waals surface area contributed by atoms with Crippen LogP contribution in [0.1, 0.15) is 30.6 Å². The van der Waals surface area contributed by atoms with E-state index in [0.717, 1.165) is 6.42 Å². The van der Waals surface area contributed by atoms with Gasteiger partial charge in [-0.15, -0.1) is 0 Å². The first-order chi connectivity index (χ1) is 8.43. The minimum atomic E-state index is -0.246. The van der Waals surface area contributed by atoms with Crippen molar-refractivity contribution in [3.8, 4) is 0 Å². The number of hydrogen-bond acceptors (Lipinski definition) is 3. The number of nitrogens with zero attached hydrogens (tertiary/aromatic N) is 1. The number of aryl methyl sites for hydroxylation is 1. The molecule has 1 heterocycles. The maximum absolute atomic E-state index is 11.9. The van der Waals surface area contributed by atoms with Gasteiger partial charge in [0.2, 0.25) is 0 Å². The lowest BCUT2D eigenvalue weighted by Gasteiger charge is -2.18. The van der Waals surface area contributed by atoms with Crippen molar-refractivity contribution in [3.05, 3.63) is 34.2 Å². The highest BCUT2D eigenvalue weighted by atomic mass is 16.2. The van der Waals surface area contributed by atoms with Gasteiger partial charge in [0.1, 0.15) is 0 Å². The van der Waals surface area contributed by atoms with Crippen LogP contribution in [-0.2, 0) is 7.05 Å². The molecule has 1 unspecified atom stereocenters. The number of nitrogens with one attached hydrogen (secondary N) is 1. The Hall–Kier alpha value is -1.62. The molecule has 0 aliphatic rings. The number of pyridine rings is 1. The topological polar surface area (TPSA) is 77.1 Å². The Morgan fingerprint density at radius 3 is 2.67 bits per heavy atom. The van der Waals surface area contributed by atoms with E-state index < -0.39 is 0 Å². The molecule has 0 aliphatic heterocycles. The molecule has 0 aromatic carbocycles. The zero-order chi connectivity index (χ0) is 13.7. The molecule has 5 nitrogen and oxygen atoms in total. The molecule has 18 heavy (non-hydrogen) atoms. The second-order valence-corrected chi connectivity index (χ2v) is 4.90. The summed E-state index contributed by atoms with van der Waals surface area (Å²) >= 11 is 0. The third kappa shape index (κ3) is 4.00. The van der Waals surface area contributed by atoms with Crippen molar-refractivity contribution >= 4 is 5.91 Å². The lowest BCUT2D eigenvalue weighted by atomic mass is 10.0. The van der Waals surface area contributed by atoms with E-state index in [1.807, 2.05) is 0 Å². The first kappa shape index (κ1) is 14.4. The fourth-order valence-corrected chi connectivity index (χ4v) is 1.74. The van der Waals surface area contributed by atoms with Crippen LogP contribution in [0.2, 0.25) is 0 Å². The first-order valence-corrected chi connectivity index (χ1v) is 6.11. The van der Waals surface area contributed by atoms with Crippen LogP contribution in [0.5, 0.6) is 0 Å². The summed E-state index contributed by atoms with van der Waals surface area (Å²) in [6, 6.07) is 2.90. The lowest BCUT2D eigenvalue weighted by Crippen LogP contribution is -2.41. The standard InChI is InChI=1S/C13H21N3O2/c1-9(2)6-11(8-14)15-13(18)10-4-5-16(3)12(17)7-10/h4-5,7,9,11H,6,8,14H2,1-3H3,(H,15,18). The Kier molecular flexibility index (Phi) is 5.09. The third-order valence-electron chi connectivity index (χ3n) is 2.74. The molecule has 0 saturated carbocycles. The van der Waals surface area contributed by atoms with Gasteiger partial charge in [-0.25, -0.2) is 0 Å². The van der Waals surface area contributed by atoms with Crippen LogP contribution in [0.25, 0.3) is 0 Å². The molecule has 1 atom stereocenters. The second kappa shape index (κ2) is 6.35. The predicted octanol–water partition coefficient (Wildman–Crippen LogP) is 0.489. The van der Waals surface area contributed by atoms with E-state index in [9.17, 15) is 9.59 Å². The first-order valence-electron chi connectivity index (χ1n) is 6.11. The molecular weight excluding hydrogens is 230 g/mol. The highest BCUT2D eigenvalue weighted by Gasteiger charge is 2.14. The van der Waals surface area contributed by atoms with E-state index >= 15 is 0 Å². The second-order valence-electron chi connectivity index (χ2n) is 4.90. The molecule has 0 bridgehead atoms. The van der Waals surface area contributed by atoms with Gasteiger partial charge in [0.25, 0.3) is 11.5 Å². The van der Waals surface area contributed by atoms with Crippen molar-refractivity contribution in [3.63, 3.8) is 0 Å². The van der Waals surface area contributed by atoms with Crippen LogP contribution in [0, 0.1) is 5.92 Å². The average molecular weight is 251 g/mol. The van der Waals surface area contributed by atoms with Gasteiger partial charge in [-0.05, 0) is 18.4 Å². The predicted molar refractivity (Wildman–Crippen MR) is 71.4 cm³/mol. The maximum Gasteiger partial charge on any atom is 0.251 e. The maximum atomic E-state index is 11.9. The molecule has 1 rings (SSSR count). The number of rotatable bonds is 5. The molecule has 5 heteroatoms. The Morgan fingerprint density at radius 2 is 2.17 bits per heavy atom. The van der Waals surface area contributed by atoms with Crippen molar-refractivity contribution in [1.82, 2.24) is 9.88 Å². The monoisotopic (exact) mass is 251 g/mol. The Bertz CT molecular complexity index is 466. The Balaban J connectivity index is 2.74. The van der Waals surface area contributed by atoms with E-state index in [1.165, 1.54) is 10.6 Å². The average Bonchev–Trinajstić information content (AvgIpc) is 2.31. The number of carbonyl (C=O) groups excluding carboxylic acids is 1. The number of amides is 1. The van der Waals surface area contributed by atoms with Gasteiger partial charge in [-0.3, -0.25) is 9.59 Å². The molecule has 3 N–H and O–H groups in total. The summed E-state index contributed by atoms with van der Waals surface area (Å²) in [6.07, 6.45) is 2.41. The zero-order valence-electron chi connectivity index (χ0n) is 11.1. The highest BCUT2D eigenvalue weighted by Crippen LogP contribution is 2.04. The fourth-order valence-electron chi connectivity index (χ4n) is 1.74. The molecule has 1 aromatic rings. The summed E-state index contributed by atoms with van der Waals surface area (Å²) in [5, 5.41) is 2.85. The fraction of sp³-hybridized carbons (Fsp3) is 0.538. The summed E-state index contributed by atoms with van der Waals surface area (Å²) in [5.74, 6) is 0.214. The summed E-state index contributed by atoms with van der Waals surface area (Å²) in [4.78, 5) is 23.4. The molecule has 0 saturated heterocycles. The van der Waals surface area contributed by atoms with Crippen molar-refractivity contribution in [2.75, 3.05) is 6.54 Å². The zero-order valence-corrected chi connectivity index (χ0v) is 11.1. The van der Waals surface area contributed by atoms with Crippen molar-refractivity contribution < 1.29 is 4.79 Å². The molecule has 0 fully saturated rings. The van der Waals surface area contributed by atoms with Crippen molar-refractivity contribution in [1.29, 1.82) is 0 Å². The molecule has 1 amide bonds. The third-order valence-corrected chi connectivity index (χ3v) is 2.74. The molecular formula is C13H21N3O2. The Morgan fingerprint density at radius 1 is 1.50 bits per heavy atom. The summed E-state index contributed by atoms with van der Waals surface area (Å²) < 4.78 is 1.42. The molecule has 1 aromatic heterocycles. The number of carbonyl (C=O) groups is 1.